The van der Waals surface area contributed by atoms with E-state index < -0.39 is 0 Å². The van der Waals surface area contributed by atoms with Gasteiger partial charge in [0, 0.05) is 37.6 Å². The molecule has 2 heterocycles. The maximum atomic E-state index is 3.75. The molecule has 1 aromatic heterocycles. The molecule has 11 heavy (non-hydrogen) atoms. The second-order valence-electron chi connectivity index (χ2n) is 2.80. The van der Waals surface area contributed by atoms with Crippen LogP contribution in [0.5, 0.6) is 0 Å². The van der Waals surface area contributed by atoms with E-state index in [9.17, 15) is 0 Å². The van der Waals surface area contributed by atoms with Crippen molar-refractivity contribution in [2.24, 2.45) is 0 Å². The van der Waals surface area contributed by atoms with E-state index >= 15 is 0 Å². The van der Waals surface area contributed by atoms with Gasteiger partial charge in [0.25, 0.3) is 0 Å². The molecular formula is C9H12N2. The summed E-state index contributed by atoms with van der Waals surface area (Å²) in [6.45, 7) is 5.85. The second kappa shape index (κ2) is 2.55. The van der Waals surface area contributed by atoms with Crippen LogP contribution >= 0.6 is 0 Å². The van der Waals surface area contributed by atoms with Crippen LogP contribution in [0.4, 0.5) is 0 Å². The van der Waals surface area contributed by atoms with Gasteiger partial charge in [-0.1, -0.05) is 6.58 Å². The van der Waals surface area contributed by atoms with E-state index in [2.05, 4.69) is 28.7 Å². The highest BCUT2D eigenvalue weighted by atomic mass is 15.0. The fourth-order valence-electron chi connectivity index (χ4n) is 1.57. The first-order chi connectivity index (χ1) is 5.42. The minimum atomic E-state index is 1.01. The highest BCUT2D eigenvalue weighted by molar-refractivity contribution is 5.33. The van der Waals surface area contributed by atoms with Crippen LogP contribution in [0.3, 0.4) is 0 Å². The SMILES string of the molecule is C=Cn1ccc2c1CCNC2. The first-order valence-electron chi connectivity index (χ1n) is 3.93. The largest absolute Gasteiger partial charge is 0.328 e. The Morgan fingerprint density at radius 1 is 1.64 bits per heavy atom. The maximum Gasteiger partial charge on any atom is 0.0278 e. The summed E-state index contributed by atoms with van der Waals surface area (Å²) in [4.78, 5) is 0. The van der Waals surface area contributed by atoms with Gasteiger partial charge in [-0.15, -0.1) is 0 Å². The van der Waals surface area contributed by atoms with E-state index in [0.717, 1.165) is 19.5 Å². The lowest BCUT2D eigenvalue weighted by atomic mass is 10.1. The normalized spacial score (nSPS) is 16.0. The molecule has 0 spiro atoms. The summed E-state index contributed by atoms with van der Waals surface area (Å²) in [5.41, 5.74) is 2.83. The molecule has 2 rings (SSSR count). The van der Waals surface area contributed by atoms with Crippen molar-refractivity contribution >= 4 is 6.20 Å². The molecule has 2 heteroatoms. The molecule has 0 fully saturated rings. The number of nitrogens with one attached hydrogen (secondary N) is 1. The average Bonchev–Trinajstić information content (AvgIpc) is 2.47. The van der Waals surface area contributed by atoms with Gasteiger partial charge in [0.2, 0.25) is 0 Å². The molecule has 0 atom stereocenters. The number of hydrogen-bond donors (Lipinski definition) is 1. The number of hydrogen-bond acceptors (Lipinski definition) is 1. The van der Waals surface area contributed by atoms with Crippen LogP contribution in [-0.2, 0) is 13.0 Å². The standard InChI is InChI=1S/C9H12N2/c1-2-11-6-4-8-7-10-5-3-9(8)11/h2,4,6,10H,1,3,5,7H2. The van der Waals surface area contributed by atoms with Gasteiger partial charge in [-0.25, -0.2) is 0 Å². The summed E-state index contributed by atoms with van der Waals surface area (Å²) in [5, 5.41) is 3.33. The third-order valence-corrected chi connectivity index (χ3v) is 2.17. The lowest BCUT2D eigenvalue weighted by molar-refractivity contribution is 0.631. The average molecular weight is 148 g/mol. The van der Waals surface area contributed by atoms with Crippen LogP contribution in [0, 0.1) is 0 Å². The van der Waals surface area contributed by atoms with Gasteiger partial charge in [-0.3, -0.25) is 0 Å². The summed E-state index contributed by atoms with van der Waals surface area (Å²) < 4.78 is 2.11. The van der Waals surface area contributed by atoms with Gasteiger partial charge in [0.1, 0.15) is 0 Å². The zero-order chi connectivity index (χ0) is 7.68. The van der Waals surface area contributed by atoms with E-state index in [1.165, 1.54) is 11.3 Å². The predicted molar refractivity (Wildman–Crippen MR) is 46.2 cm³/mol. The van der Waals surface area contributed by atoms with Gasteiger partial charge in [0.15, 0.2) is 0 Å². The van der Waals surface area contributed by atoms with E-state index in [1.807, 2.05) is 6.20 Å². The summed E-state index contributed by atoms with van der Waals surface area (Å²) in [6, 6.07) is 2.16. The molecule has 0 unspecified atom stereocenters. The Morgan fingerprint density at radius 2 is 2.55 bits per heavy atom. The van der Waals surface area contributed by atoms with Crippen molar-refractivity contribution < 1.29 is 0 Å². The van der Waals surface area contributed by atoms with Crippen LogP contribution in [0.25, 0.3) is 6.20 Å². The van der Waals surface area contributed by atoms with Crippen molar-refractivity contribution in [2.75, 3.05) is 6.54 Å². The molecule has 1 aliphatic heterocycles. The van der Waals surface area contributed by atoms with Crippen molar-refractivity contribution in [3.05, 3.63) is 30.1 Å². The Kier molecular flexibility index (Phi) is 1.55. The number of fused-ring (bicyclic) bond motifs is 1. The summed E-state index contributed by atoms with van der Waals surface area (Å²) in [6.07, 6.45) is 5.06. The molecule has 1 N–H and O–H groups in total. The van der Waals surface area contributed by atoms with Crippen molar-refractivity contribution in [1.82, 2.24) is 9.88 Å². The van der Waals surface area contributed by atoms with Gasteiger partial charge in [-0.2, -0.15) is 0 Å². The molecule has 0 amide bonds. The molecule has 1 aromatic rings. The minimum absolute atomic E-state index is 1.01. The van der Waals surface area contributed by atoms with Crippen molar-refractivity contribution in [3.8, 4) is 0 Å². The Balaban J connectivity index is 2.45. The zero-order valence-electron chi connectivity index (χ0n) is 6.51. The number of rotatable bonds is 1. The van der Waals surface area contributed by atoms with Gasteiger partial charge in [-0.05, 0) is 11.6 Å². The first-order valence-corrected chi connectivity index (χ1v) is 3.93. The molecule has 2 nitrogen and oxygen atoms in total. The van der Waals surface area contributed by atoms with Crippen LogP contribution in [-0.4, -0.2) is 11.1 Å². The topological polar surface area (TPSA) is 17.0 Å². The fourth-order valence-corrected chi connectivity index (χ4v) is 1.57. The fraction of sp³-hybridized carbons (Fsp3) is 0.333. The van der Waals surface area contributed by atoms with E-state index in [0.29, 0.717) is 0 Å². The third kappa shape index (κ3) is 0.994. The highest BCUT2D eigenvalue weighted by Crippen LogP contribution is 2.14. The lowest BCUT2D eigenvalue weighted by Gasteiger charge is -2.14. The van der Waals surface area contributed by atoms with Crippen LogP contribution in [0.15, 0.2) is 18.8 Å². The second-order valence-corrected chi connectivity index (χ2v) is 2.80. The number of aromatic nitrogens is 1. The van der Waals surface area contributed by atoms with Gasteiger partial charge in [0.05, 0.1) is 0 Å². The van der Waals surface area contributed by atoms with Crippen molar-refractivity contribution in [1.29, 1.82) is 0 Å². The minimum Gasteiger partial charge on any atom is -0.328 e. The Morgan fingerprint density at radius 3 is 3.36 bits per heavy atom. The van der Waals surface area contributed by atoms with Gasteiger partial charge < -0.3 is 9.88 Å². The maximum absolute atomic E-state index is 3.75. The van der Waals surface area contributed by atoms with Crippen LogP contribution in [0.1, 0.15) is 11.3 Å². The highest BCUT2D eigenvalue weighted by Gasteiger charge is 2.10. The Labute approximate surface area is 66.5 Å². The number of nitrogens with zero attached hydrogens (tertiary/aromatic N) is 1. The summed E-state index contributed by atoms with van der Waals surface area (Å²) in [5.74, 6) is 0. The van der Waals surface area contributed by atoms with E-state index in [4.69, 9.17) is 0 Å². The monoisotopic (exact) mass is 148 g/mol. The molecule has 0 radical (unpaired) electrons. The summed E-state index contributed by atoms with van der Waals surface area (Å²) in [7, 11) is 0. The molecule has 0 aromatic carbocycles. The molecule has 0 saturated carbocycles. The quantitative estimate of drug-likeness (QED) is 0.634. The molecule has 0 saturated heterocycles. The molecule has 0 bridgehead atoms. The lowest BCUT2D eigenvalue weighted by Crippen LogP contribution is -2.23. The molecule has 0 aliphatic carbocycles. The van der Waals surface area contributed by atoms with Crippen molar-refractivity contribution in [2.45, 2.75) is 13.0 Å². The first kappa shape index (κ1) is 6.68. The van der Waals surface area contributed by atoms with Crippen molar-refractivity contribution in [3.63, 3.8) is 0 Å². The van der Waals surface area contributed by atoms with E-state index in [1.54, 1.807) is 0 Å². The van der Waals surface area contributed by atoms with E-state index in [-0.39, 0.29) is 0 Å². The zero-order valence-corrected chi connectivity index (χ0v) is 6.51. The molecule has 58 valence electrons. The summed E-state index contributed by atoms with van der Waals surface area (Å²) >= 11 is 0. The predicted octanol–water partition coefficient (Wildman–Crippen LogP) is 1.23. The molecular weight excluding hydrogens is 136 g/mol. The van der Waals surface area contributed by atoms with Gasteiger partial charge >= 0.3 is 0 Å². The third-order valence-electron chi connectivity index (χ3n) is 2.17. The van der Waals surface area contributed by atoms with Crippen LogP contribution < -0.4 is 5.32 Å². The smallest absolute Gasteiger partial charge is 0.0278 e. The Bertz CT molecular complexity index is 273. The molecule has 1 aliphatic rings. The Hall–Kier alpha value is -1.02. The van der Waals surface area contributed by atoms with Crippen LogP contribution in [0.2, 0.25) is 0 Å².